The molecule has 0 unspecified atom stereocenters. The second-order valence-corrected chi connectivity index (χ2v) is 13.3. The van der Waals surface area contributed by atoms with Crippen molar-refractivity contribution in [3.05, 3.63) is 164 Å². The Balaban J connectivity index is 1.27. The van der Waals surface area contributed by atoms with Crippen LogP contribution in [0, 0.1) is 0 Å². The molecule has 0 aliphatic heterocycles. The molecule has 0 aliphatic carbocycles. The van der Waals surface area contributed by atoms with Gasteiger partial charge in [0, 0.05) is 12.4 Å². The second-order valence-electron chi connectivity index (χ2n) is 13.3. The molecule has 0 N–H and O–H groups in total. The molecule has 0 amide bonds. The maximum atomic E-state index is 4.28. The van der Waals surface area contributed by atoms with Crippen molar-refractivity contribution in [2.75, 3.05) is 0 Å². The Morgan fingerprint density at radius 1 is 0.391 bits per heavy atom. The summed E-state index contributed by atoms with van der Waals surface area (Å²) >= 11 is 0. The van der Waals surface area contributed by atoms with E-state index in [-0.39, 0.29) is 5.41 Å². The molecule has 46 heavy (non-hydrogen) atoms. The molecule has 0 radical (unpaired) electrons. The minimum Gasteiger partial charge on any atom is -0.264 e. The predicted molar refractivity (Wildman–Crippen MR) is 197 cm³/mol. The first-order valence-corrected chi connectivity index (χ1v) is 16.0. The number of fused-ring (bicyclic) bond motifs is 3. The lowest BCUT2D eigenvalue weighted by molar-refractivity contribution is 0.590. The van der Waals surface area contributed by atoms with Crippen LogP contribution in [-0.2, 0) is 5.41 Å². The molecule has 220 valence electrons. The van der Waals surface area contributed by atoms with Crippen LogP contribution >= 0.6 is 0 Å². The van der Waals surface area contributed by atoms with Crippen molar-refractivity contribution in [1.29, 1.82) is 0 Å². The first kappa shape index (κ1) is 28.0. The van der Waals surface area contributed by atoms with Gasteiger partial charge in [-0.1, -0.05) is 148 Å². The fourth-order valence-corrected chi connectivity index (χ4v) is 6.86. The first-order valence-electron chi connectivity index (χ1n) is 16.0. The van der Waals surface area contributed by atoms with Crippen molar-refractivity contribution in [2.24, 2.45) is 0 Å². The minimum atomic E-state index is 0.117. The van der Waals surface area contributed by atoms with Crippen LogP contribution in [0.15, 0.2) is 158 Å². The van der Waals surface area contributed by atoms with Crippen LogP contribution < -0.4 is 0 Å². The lowest BCUT2D eigenvalue weighted by atomic mass is 9.83. The van der Waals surface area contributed by atoms with Gasteiger partial charge >= 0.3 is 0 Å². The smallest absolute Gasteiger partial charge is 0.0346 e. The van der Waals surface area contributed by atoms with E-state index >= 15 is 0 Å². The molecular formula is C45H35N. The zero-order valence-corrected chi connectivity index (χ0v) is 26.5. The molecule has 0 atom stereocenters. The Hall–Kier alpha value is -5.53. The Bertz CT molecular complexity index is 2300. The second kappa shape index (κ2) is 11.1. The van der Waals surface area contributed by atoms with E-state index < -0.39 is 0 Å². The number of benzene rings is 7. The van der Waals surface area contributed by atoms with E-state index in [0.717, 1.165) is 5.56 Å². The van der Waals surface area contributed by atoms with Gasteiger partial charge in [0.1, 0.15) is 0 Å². The van der Waals surface area contributed by atoms with Gasteiger partial charge in [0.05, 0.1) is 0 Å². The van der Waals surface area contributed by atoms with Crippen molar-refractivity contribution >= 4 is 32.3 Å². The molecule has 0 spiro atoms. The molecule has 8 aromatic rings. The number of hydrogen-bond acceptors (Lipinski definition) is 1. The summed E-state index contributed by atoms with van der Waals surface area (Å²) in [5.74, 6) is 0. The normalized spacial score (nSPS) is 11.8. The predicted octanol–water partition coefficient (Wildman–Crippen LogP) is 12.5. The van der Waals surface area contributed by atoms with Crippen LogP contribution in [0.3, 0.4) is 0 Å². The van der Waals surface area contributed by atoms with Gasteiger partial charge in [-0.05, 0) is 106 Å². The number of hydrogen-bond donors (Lipinski definition) is 0. The van der Waals surface area contributed by atoms with Crippen LogP contribution in [0.2, 0.25) is 0 Å². The van der Waals surface area contributed by atoms with Crippen molar-refractivity contribution in [2.45, 2.75) is 26.2 Å². The van der Waals surface area contributed by atoms with Crippen LogP contribution in [0.5, 0.6) is 0 Å². The zero-order valence-electron chi connectivity index (χ0n) is 26.5. The third-order valence-electron chi connectivity index (χ3n) is 9.31. The Morgan fingerprint density at radius 2 is 0.870 bits per heavy atom. The van der Waals surface area contributed by atoms with Gasteiger partial charge in [0.15, 0.2) is 0 Å². The highest BCUT2D eigenvalue weighted by Crippen LogP contribution is 2.44. The molecular weight excluding hydrogens is 555 g/mol. The SMILES string of the molecule is CC(C)(C)c1ccc(-c2c3ccccc3c(-c3ccc4ccc(-c5ccc(-c6cccnc6)cc5)cc4c3)c3ccccc23)cc1. The summed E-state index contributed by atoms with van der Waals surface area (Å²) in [6.45, 7) is 6.81. The van der Waals surface area contributed by atoms with Gasteiger partial charge in [-0.25, -0.2) is 0 Å². The van der Waals surface area contributed by atoms with E-state index in [2.05, 4.69) is 165 Å². The fraction of sp³-hybridized carbons (Fsp3) is 0.0889. The van der Waals surface area contributed by atoms with Gasteiger partial charge in [0.25, 0.3) is 0 Å². The summed E-state index contributed by atoms with van der Waals surface area (Å²) in [6, 6.07) is 53.6. The summed E-state index contributed by atoms with van der Waals surface area (Å²) < 4.78 is 0. The summed E-state index contributed by atoms with van der Waals surface area (Å²) in [6.07, 6.45) is 3.72. The maximum Gasteiger partial charge on any atom is 0.0346 e. The summed E-state index contributed by atoms with van der Waals surface area (Å²) in [7, 11) is 0. The summed E-state index contributed by atoms with van der Waals surface area (Å²) in [5, 5.41) is 7.59. The average molecular weight is 590 g/mol. The number of nitrogens with zero attached hydrogens (tertiary/aromatic N) is 1. The highest BCUT2D eigenvalue weighted by atomic mass is 14.6. The summed E-state index contributed by atoms with van der Waals surface area (Å²) in [4.78, 5) is 4.28. The van der Waals surface area contributed by atoms with Gasteiger partial charge in [0.2, 0.25) is 0 Å². The lowest BCUT2D eigenvalue weighted by Gasteiger charge is -2.21. The van der Waals surface area contributed by atoms with Gasteiger partial charge in [-0.15, -0.1) is 0 Å². The molecule has 8 rings (SSSR count). The maximum absolute atomic E-state index is 4.28. The Kier molecular flexibility index (Phi) is 6.76. The van der Waals surface area contributed by atoms with E-state index in [1.54, 1.807) is 0 Å². The number of pyridine rings is 1. The molecule has 1 heteroatoms. The van der Waals surface area contributed by atoms with E-state index in [1.807, 2.05) is 18.5 Å². The standard InChI is InChI=1S/C45H35N/c1-45(2,3)38-24-22-33(23-25-38)43-39-10-4-6-12-41(39)44(42-13-7-5-11-40(42)43)35-21-19-32-18-20-34(27-37(32)28-35)30-14-16-31(17-15-30)36-9-8-26-46-29-36/h4-29H,1-3H3. The van der Waals surface area contributed by atoms with Gasteiger partial charge in [-0.2, -0.15) is 0 Å². The number of rotatable bonds is 4. The molecule has 0 saturated heterocycles. The molecule has 1 heterocycles. The Morgan fingerprint density at radius 3 is 1.41 bits per heavy atom. The highest BCUT2D eigenvalue weighted by molar-refractivity contribution is 6.21. The van der Waals surface area contributed by atoms with Crippen LogP contribution in [0.4, 0.5) is 0 Å². The molecule has 0 aliphatic rings. The molecule has 1 nitrogen and oxygen atoms in total. The first-order chi connectivity index (χ1) is 22.4. The lowest BCUT2D eigenvalue weighted by Crippen LogP contribution is -2.10. The van der Waals surface area contributed by atoms with Crippen LogP contribution in [0.25, 0.3) is 76.8 Å². The van der Waals surface area contributed by atoms with Crippen molar-refractivity contribution in [3.63, 3.8) is 0 Å². The van der Waals surface area contributed by atoms with Crippen molar-refractivity contribution < 1.29 is 0 Å². The quantitative estimate of drug-likeness (QED) is 0.186. The third-order valence-corrected chi connectivity index (χ3v) is 9.31. The molecule has 0 fully saturated rings. The fourth-order valence-electron chi connectivity index (χ4n) is 6.86. The molecule has 1 aromatic heterocycles. The van der Waals surface area contributed by atoms with Crippen molar-refractivity contribution in [3.8, 4) is 44.5 Å². The average Bonchev–Trinajstić information content (AvgIpc) is 3.10. The minimum absolute atomic E-state index is 0.117. The number of aromatic nitrogens is 1. The molecule has 7 aromatic carbocycles. The zero-order chi connectivity index (χ0) is 31.3. The van der Waals surface area contributed by atoms with E-state index in [0.29, 0.717) is 0 Å². The van der Waals surface area contributed by atoms with E-state index in [1.165, 1.54) is 76.8 Å². The Labute approximate surface area is 270 Å². The largest absolute Gasteiger partial charge is 0.264 e. The summed E-state index contributed by atoms with van der Waals surface area (Å²) in [5.41, 5.74) is 11.3. The van der Waals surface area contributed by atoms with E-state index in [4.69, 9.17) is 0 Å². The molecule has 0 saturated carbocycles. The van der Waals surface area contributed by atoms with E-state index in [9.17, 15) is 0 Å². The van der Waals surface area contributed by atoms with Gasteiger partial charge in [-0.3, -0.25) is 4.98 Å². The van der Waals surface area contributed by atoms with Crippen molar-refractivity contribution in [1.82, 2.24) is 4.98 Å². The van der Waals surface area contributed by atoms with Crippen LogP contribution in [0.1, 0.15) is 26.3 Å². The van der Waals surface area contributed by atoms with Gasteiger partial charge < -0.3 is 0 Å². The van der Waals surface area contributed by atoms with Crippen LogP contribution in [-0.4, -0.2) is 4.98 Å². The molecule has 0 bridgehead atoms. The topological polar surface area (TPSA) is 12.9 Å². The highest BCUT2D eigenvalue weighted by Gasteiger charge is 2.18. The third kappa shape index (κ3) is 4.95. The monoisotopic (exact) mass is 589 g/mol.